The van der Waals surface area contributed by atoms with Gasteiger partial charge in [-0.2, -0.15) is 0 Å². The van der Waals surface area contributed by atoms with Crippen molar-refractivity contribution in [2.45, 2.75) is 51.2 Å². The molecule has 0 amide bonds. The fraction of sp³-hybridized carbons (Fsp3) is 1.00. The lowest BCUT2D eigenvalue weighted by molar-refractivity contribution is 0.470. The fourth-order valence-corrected chi connectivity index (χ4v) is 1.20. The van der Waals surface area contributed by atoms with Crippen LogP contribution < -0.4 is 0 Å². The normalized spacial score (nSPS) is 14.9. The highest BCUT2D eigenvalue weighted by Crippen LogP contribution is 2.19. The van der Waals surface area contributed by atoms with Crippen molar-refractivity contribution in [3.8, 4) is 0 Å². The van der Waals surface area contributed by atoms with Crippen LogP contribution in [0.5, 0.6) is 0 Å². The molecule has 0 spiro atoms. The Bertz CT molecular complexity index is 132. The second kappa shape index (κ2) is 4.88. The van der Waals surface area contributed by atoms with Crippen LogP contribution in [0.1, 0.15) is 46.5 Å². The Balaban J connectivity index is 3.64. The molecule has 1 unspecified atom stereocenters. The van der Waals surface area contributed by atoms with Crippen LogP contribution in [-0.2, 0) is 11.1 Å². The Morgan fingerprint density at radius 3 is 2.27 bits per heavy atom. The SMILES string of the molecule is CCCCCC(C)(C)S(=O)[O-]. The molecule has 0 N–H and O–H groups in total. The van der Waals surface area contributed by atoms with Gasteiger partial charge in [-0.15, -0.1) is 0 Å². The zero-order valence-corrected chi connectivity index (χ0v) is 8.37. The Morgan fingerprint density at radius 2 is 1.91 bits per heavy atom. The molecule has 0 aliphatic rings. The van der Waals surface area contributed by atoms with Crippen LogP contribution in [0.2, 0.25) is 0 Å². The molecular formula is C8H17O2S-. The van der Waals surface area contributed by atoms with E-state index in [1.165, 1.54) is 0 Å². The van der Waals surface area contributed by atoms with Crippen LogP contribution >= 0.6 is 0 Å². The molecule has 0 aliphatic heterocycles. The average Bonchev–Trinajstić information content (AvgIpc) is 1.88. The molecule has 11 heavy (non-hydrogen) atoms. The predicted octanol–water partition coefficient (Wildman–Crippen LogP) is 2.22. The van der Waals surface area contributed by atoms with Gasteiger partial charge < -0.3 is 4.55 Å². The largest absolute Gasteiger partial charge is 0.772 e. The summed E-state index contributed by atoms with van der Waals surface area (Å²) in [4.78, 5) is 0. The molecule has 0 aromatic rings. The van der Waals surface area contributed by atoms with Gasteiger partial charge in [-0.05, 0) is 31.3 Å². The summed E-state index contributed by atoms with van der Waals surface area (Å²) in [6, 6.07) is 0. The molecule has 3 heteroatoms. The fourth-order valence-electron chi connectivity index (χ4n) is 0.884. The third-order valence-electron chi connectivity index (χ3n) is 1.83. The van der Waals surface area contributed by atoms with Crippen molar-refractivity contribution in [2.75, 3.05) is 0 Å². The van der Waals surface area contributed by atoms with Gasteiger partial charge in [0.2, 0.25) is 0 Å². The van der Waals surface area contributed by atoms with Crippen LogP contribution in [0.25, 0.3) is 0 Å². The molecule has 0 aliphatic carbocycles. The zero-order chi connectivity index (χ0) is 8.91. The number of rotatable bonds is 5. The summed E-state index contributed by atoms with van der Waals surface area (Å²) in [6.45, 7) is 5.65. The summed E-state index contributed by atoms with van der Waals surface area (Å²) >= 11 is -1.93. The van der Waals surface area contributed by atoms with Crippen LogP contribution in [0, 0.1) is 0 Å². The second-order valence-electron chi connectivity index (χ2n) is 3.45. The molecule has 0 radical (unpaired) electrons. The number of hydrogen-bond donors (Lipinski definition) is 0. The molecule has 1 atom stereocenters. The standard InChI is InChI=1S/C8H18O2S/c1-4-5-6-7-8(2,3)11(9)10/h4-7H2,1-3H3,(H,9,10)/p-1. The highest BCUT2D eigenvalue weighted by molar-refractivity contribution is 7.80. The quantitative estimate of drug-likeness (QED) is 0.477. The van der Waals surface area contributed by atoms with Gasteiger partial charge >= 0.3 is 0 Å². The maximum atomic E-state index is 10.6. The van der Waals surface area contributed by atoms with Crippen LogP contribution in [0.4, 0.5) is 0 Å². The van der Waals surface area contributed by atoms with Gasteiger partial charge in [0.25, 0.3) is 0 Å². The smallest absolute Gasteiger partial charge is 0.0271 e. The highest BCUT2D eigenvalue weighted by atomic mass is 32.2. The molecule has 0 fully saturated rings. The Labute approximate surface area is 71.7 Å². The maximum Gasteiger partial charge on any atom is 0.0271 e. The summed E-state index contributed by atoms with van der Waals surface area (Å²) in [6.07, 6.45) is 4.05. The van der Waals surface area contributed by atoms with Crippen molar-refractivity contribution in [1.29, 1.82) is 0 Å². The molecule has 0 aromatic heterocycles. The number of unbranched alkanes of at least 4 members (excludes halogenated alkanes) is 2. The summed E-state index contributed by atoms with van der Waals surface area (Å²) in [5.41, 5.74) is 0. The molecular weight excluding hydrogens is 160 g/mol. The first-order chi connectivity index (χ1) is 5.00. The molecule has 0 aromatic carbocycles. The minimum absolute atomic E-state index is 0.533. The van der Waals surface area contributed by atoms with Crippen LogP contribution in [0.15, 0.2) is 0 Å². The van der Waals surface area contributed by atoms with E-state index in [0.717, 1.165) is 25.7 Å². The molecule has 0 rings (SSSR count). The lowest BCUT2D eigenvalue weighted by Gasteiger charge is -2.27. The first-order valence-corrected chi connectivity index (χ1v) is 5.17. The van der Waals surface area contributed by atoms with Gasteiger partial charge in [0.05, 0.1) is 0 Å². The molecule has 0 saturated heterocycles. The predicted molar refractivity (Wildman–Crippen MR) is 47.1 cm³/mol. The van der Waals surface area contributed by atoms with Gasteiger partial charge in [-0.3, -0.25) is 4.21 Å². The Morgan fingerprint density at radius 1 is 1.36 bits per heavy atom. The lowest BCUT2D eigenvalue weighted by atomic mass is 10.0. The molecule has 0 bridgehead atoms. The monoisotopic (exact) mass is 177 g/mol. The van der Waals surface area contributed by atoms with Crippen LogP contribution in [-0.4, -0.2) is 13.5 Å². The van der Waals surface area contributed by atoms with Crippen molar-refractivity contribution in [3.05, 3.63) is 0 Å². The molecule has 0 heterocycles. The van der Waals surface area contributed by atoms with Crippen molar-refractivity contribution in [2.24, 2.45) is 0 Å². The van der Waals surface area contributed by atoms with Crippen molar-refractivity contribution >= 4 is 11.1 Å². The second-order valence-corrected chi connectivity index (χ2v) is 5.03. The van der Waals surface area contributed by atoms with Crippen molar-refractivity contribution in [3.63, 3.8) is 0 Å². The van der Waals surface area contributed by atoms with E-state index in [9.17, 15) is 8.76 Å². The molecule has 0 saturated carbocycles. The van der Waals surface area contributed by atoms with E-state index in [1.807, 2.05) is 0 Å². The van der Waals surface area contributed by atoms with E-state index in [4.69, 9.17) is 0 Å². The van der Waals surface area contributed by atoms with E-state index in [1.54, 1.807) is 13.8 Å². The van der Waals surface area contributed by atoms with E-state index < -0.39 is 15.8 Å². The third-order valence-corrected chi connectivity index (χ3v) is 2.94. The van der Waals surface area contributed by atoms with E-state index >= 15 is 0 Å². The van der Waals surface area contributed by atoms with Crippen molar-refractivity contribution in [1.82, 2.24) is 0 Å². The summed E-state index contributed by atoms with van der Waals surface area (Å²) < 4.78 is 20.7. The van der Waals surface area contributed by atoms with E-state index in [-0.39, 0.29) is 0 Å². The highest BCUT2D eigenvalue weighted by Gasteiger charge is 2.17. The summed E-state index contributed by atoms with van der Waals surface area (Å²) in [7, 11) is 0. The van der Waals surface area contributed by atoms with E-state index in [2.05, 4.69) is 6.92 Å². The topological polar surface area (TPSA) is 40.1 Å². The zero-order valence-electron chi connectivity index (χ0n) is 7.55. The maximum absolute atomic E-state index is 10.6. The van der Waals surface area contributed by atoms with Gasteiger partial charge in [-0.25, -0.2) is 0 Å². The first-order valence-electron chi connectivity index (χ1n) is 4.10. The van der Waals surface area contributed by atoms with Gasteiger partial charge in [0, 0.05) is 4.75 Å². The minimum atomic E-state index is -1.93. The van der Waals surface area contributed by atoms with Gasteiger partial charge in [0.1, 0.15) is 0 Å². The van der Waals surface area contributed by atoms with Crippen LogP contribution in [0.3, 0.4) is 0 Å². The average molecular weight is 177 g/mol. The van der Waals surface area contributed by atoms with Crippen molar-refractivity contribution < 1.29 is 8.76 Å². The van der Waals surface area contributed by atoms with Gasteiger partial charge in [-0.1, -0.05) is 26.2 Å². The number of hydrogen-bond acceptors (Lipinski definition) is 2. The summed E-state index contributed by atoms with van der Waals surface area (Å²) in [5.74, 6) is 0. The minimum Gasteiger partial charge on any atom is -0.772 e. The Hall–Kier alpha value is 0.110. The molecule has 68 valence electrons. The molecule has 2 nitrogen and oxygen atoms in total. The Kier molecular flexibility index (Phi) is 4.93. The van der Waals surface area contributed by atoms with E-state index in [0.29, 0.717) is 0 Å². The van der Waals surface area contributed by atoms with Gasteiger partial charge in [0.15, 0.2) is 0 Å². The first kappa shape index (κ1) is 11.1. The summed E-state index contributed by atoms with van der Waals surface area (Å²) in [5, 5.41) is 0. The lowest BCUT2D eigenvalue weighted by Crippen LogP contribution is -2.25. The third kappa shape index (κ3) is 4.53.